The van der Waals surface area contributed by atoms with Crippen molar-refractivity contribution in [3.8, 4) is 11.4 Å². The molecule has 4 aromatic rings. The van der Waals surface area contributed by atoms with Gasteiger partial charge in [0, 0.05) is 12.3 Å². The molecule has 0 unspecified atom stereocenters. The van der Waals surface area contributed by atoms with E-state index in [0.29, 0.717) is 16.4 Å². The molecule has 0 fully saturated rings. The second kappa shape index (κ2) is 4.79. The van der Waals surface area contributed by atoms with Crippen molar-refractivity contribution in [2.24, 2.45) is 0 Å². The van der Waals surface area contributed by atoms with Gasteiger partial charge in [0.25, 0.3) is 6.33 Å². The Kier molecular flexibility index (Phi) is 2.85. The van der Waals surface area contributed by atoms with Gasteiger partial charge in [0.2, 0.25) is 5.52 Å². The zero-order chi connectivity index (χ0) is 16.1. The van der Waals surface area contributed by atoms with E-state index in [1.54, 1.807) is 0 Å². The second-order valence-electron chi connectivity index (χ2n) is 4.95. The summed E-state index contributed by atoms with van der Waals surface area (Å²) in [5.74, 6) is -0.880. The van der Waals surface area contributed by atoms with Crippen LogP contribution in [0, 0.1) is 5.82 Å². The van der Waals surface area contributed by atoms with Gasteiger partial charge in [-0.2, -0.15) is 0 Å². The number of imidazole rings is 1. The largest absolute Gasteiger partial charge is 0.506 e. The second-order valence-corrected chi connectivity index (χ2v) is 5.36. The molecule has 0 bridgehead atoms. The number of benzene rings is 2. The number of aromatic amines is 2. The number of fused-ring (bicyclic) bond motifs is 3. The van der Waals surface area contributed by atoms with Crippen LogP contribution < -0.4 is 10.7 Å². The number of aromatic nitrogens is 4. The molecule has 0 aliphatic carbocycles. The highest BCUT2D eigenvalue weighted by atomic mass is 35.5. The van der Waals surface area contributed by atoms with Gasteiger partial charge in [0.15, 0.2) is 5.52 Å². The Morgan fingerprint density at radius 1 is 1.39 bits per heavy atom. The van der Waals surface area contributed by atoms with Gasteiger partial charge < -0.3 is 10.1 Å². The van der Waals surface area contributed by atoms with Crippen molar-refractivity contribution in [2.45, 2.75) is 0 Å². The van der Waals surface area contributed by atoms with Crippen LogP contribution >= 0.6 is 11.6 Å². The smallest absolute Gasteiger partial charge is 0.330 e. The Morgan fingerprint density at radius 3 is 3.00 bits per heavy atom. The van der Waals surface area contributed by atoms with Crippen LogP contribution in [-0.4, -0.2) is 19.6 Å². The van der Waals surface area contributed by atoms with E-state index in [2.05, 4.69) is 15.0 Å². The van der Waals surface area contributed by atoms with E-state index >= 15 is 0 Å². The monoisotopic (exact) mass is 331 g/mol. The summed E-state index contributed by atoms with van der Waals surface area (Å²) in [4.78, 5) is 21.8. The number of rotatable bonds is 1. The third-order valence-corrected chi connectivity index (χ3v) is 3.94. The van der Waals surface area contributed by atoms with Gasteiger partial charge in [-0.3, -0.25) is 4.57 Å². The van der Waals surface area contributed by atoms with Crippen molar-refractivity contribution < 1.29 is 14.5 Å². The van der Waals surface area contributed by atoms with Crippen molar-refractivity contribution in [2.75, 3.05) is 0 Å². The van der Waals surface area contributed by atoms with Gasteiger partial charge in [0.05, 0.1) is 10.4 Å². The summed E-state index contributed by atoms with van der Waals surface area (Å²) in [6.07, 6.45) is 2.90. The molecule has 6 nitrogen and oxygen atoms in total. The number of para-hydroxylation sites is 1. The normalized spacial score (nSPS) is 11.4. The molecule has 23 heavy (non-hydrogen) atoms. The summed E-state index contributed by atoms with van der Waals surface area (Å²) >= 11 is 6.07. The molecule has 0 atom stereocenters. The van der Waals surface area contributed by atoms with Gasteiger partial charge in [-0.25, -0.2) is 14.2 Å². The summed E-state index contributed by atoms with van der Waals surface area (Å²) in [6, 6.07) is 5.50. The van der Waals surface area contributed by atoms with E-state index in [0.717, 1.165) is 4.57 Å². The minimum atomic E-state index is -0.676. The molecular formula is C15H9ClFN4O2+. The van der Waals surface area contributed by atoms with Crippen molar-refractivity contribution >= 4 is 33.5 Å². The highest BCUT2D eigenvalue weighted by Gasteiger charge is 2.21. The van der Waals surface area contributed by atoms with Crippen LogP contribution in [0.2, 0.25) is 5.02 Å². The van der Waals surface area contributed by atoms with Crippen LogP contribution in [0.25, 0.3) is 27.6 Å². The highest BCUT2D eigenvalue weighted by Crippen LogP contribution is 2.32. The number of phenolic OH excluding ortho intramolecular Hbond substituents is 1. The zero-order valence-electron chi connectivity index (χ0n) is 11.5. The predicted octanol–water partition coefficient (Wildman–Crippen LogP) is 2.18. The Morgan fingerprint density at radius 2 is 2.22 bits per heavy atom. The number of phenols is 1. The van der Waals surface area contributed by atoms with E-state index < -0.39 is 11.5 Å². The molecule has 2 aromatic heterocycles. The molecule has 8 heteroatoms. The van der Waals surface area contributed by atoms with E-state index in [1.165, 1.54) is 36.8 Å². The van der Waals surface area contributed by atoms with Gasteiger partial charge in [-0.15, -0.1) is 0 Å². The first-order valence-corrected chi connectivity index (χ1v) is 7.02. The Hall–Kier alpha value is -2.93. The molecule has 2 aromatic carbocycles. The summed E-state index contributed by atoms with van der Waals surface area (Å²) in [5, 5.41) is 10.9. The third kappa shape index (κ3) is 1.90. The first kappa shape index (κ1) is 13.7. The van der Waals surface area contributed by atoms with E-state index in [4.69, 9.17) is 11.6 Å². The predicted molar refractivity (Wildman–Crippen MR) is 82.4 cm³/mol. The number of nitrogens with zero attached hydrogens (tertiary/aromatic N) is 2. The zero-order valence-corrected chi connectivity index (χ0v) is 12.2. The van der Waals surface area contributed by atoms with Crippen LogP contribution in [0.3, 0.4) is 0 Å². The number of H-pyrrole nitrogens is 2. The molecule has 114 valence electrons. The molecule has 0 aliphatic heterocycles. The first-order chi connectivity index (χ1) is 11.1. The number of halogens is 2. The molecule has 0 saturated heterocycles. The minimum Gasteiger partial charge on any atom is -0.506 e. The molecule has 0 radical (unpaired) electrons. The molecular weight excluding hydrogens is 323 g/mol. The SMILES string of the molecule is O=c1[nH]cc2c3[nH+]cnc3cc(O)c2n1-c1c(F)cccc1Cl. The lowest BCUT2D eigenvalue weighted by Crippen LogP contribution is -2.23. The topological polar surface area (TPSA) is 85.1 Å². The Balaban J connectivity index is 2.27. The standard InChI is InChI=1S/C15H8ClFN4O2/c16-8-2-1-3-9(17)14(8)21-13-7(5-18-15(21)23)12-10(4-11(13)22)19-6-20-12/h1-6,22H,(H,18,23)/p+1. The molecule has 0 saturated carbocycles. The van der Waals surface area contributed by atoms with Crippen LogP contribution in [0.15, 0.2) is 41.6 Å². The number of aromatic hydroxyl groups is 1. The van der Waals surface area contributed by atoms with Crippen LogP contribution in [0.5, 0.6) is 5.75 Å². The maximum absolute atomic E-state index is 14.3. The lowest BCUT2D eigenvalue weighted by molar-refractivity contribution is -0.343. The fourth-order valence-electron chi connectivity index (χ4n) is 2.68. The van der Waals surface area contributed by atoms with Crippen molar-refractivity contribution in [3.05, 3.63) is 58.1 Å². The van der Waals surface area contributed by atoms with Gasteiger partial charge >= 0.3 is 5.69 Å². The van der Waals surface area contributed by atoms with Gasteiger partial charge in [-0.1, -0.05) is 17.7 Å². The van der Waals surface area contributed by atoms with Crippen molar-refractivity contribution in [3.63, 3.8) is 0 Å². The number of hydrogen-bond donors (Lipinski definition) is 2. The fourth-order valence-corrected chi connectivity index (χ4v) is 2.92. The van der Waals surface area contributed by atoms with Gasteiger partial charge in [-0.05, 0) is 17.1 Å². The van der Waals surface area contributed by atoms with E-state index in [-0.39, 0.29) is 22.0 Å². The van der Waals surface area contributed by atoms with Crippen LogP contribution in [0.4, 0.5) is 4.39 Å². The lowest BCUT2D eigenvalue weighted by atomic mass is 10.1. The molecule has 4 rings (SSSR count). The van der Waals surface area contributed by atoms with Crippen molar-refractivity contribution in [1.29, 1.82) is 0 Å². The summed E-state index contributed by atoms with van der Waals surface area (Å²) in [7, 11) is 0. The summed E-state index contributed by atoms with van der Waals surface area (Å²) in [5.41, 5.74) is 0.509. The summed E-state index contributed by atoms with van der Waals surface area (Å²) < 4.78 is 15.3. The number of hydrogen-bond acceptors (Lipinski definition) is 3. The van der Waals surface area contributed by atoms with Crippen LogP contribution in [0.1, 0.15) is 0 Å². The molecule has 3 N–H and O–H groups in total. The molecule has 2 heterocycles. The summed E-state index contributed by atoms with van der Waals surface area (Å²) in [6.45, 7) is 0. The highest BCUT2D eigenvalue weighted by molar-refractivity contribution is 6.32. The van der Waals surface area contributed by atoms with E-state index in [1.807, 2.05) is 0 Å². The minimum absolute atomic E-state index is 0.0529. The Bertz CT molecular complexity index is 1120. The third-order valence-electron chi connectivity index (χ3n) is 3.64. The molecule has 0 spiro atoms. The van der Waals surface area contributed by atoms with Gasteiger partial charge in [0.1, 0.15) is 22.8 Å². The van der Waals surface area contributed by atoms with Crippen molar-refractivity contribution in [1.82, 2.24) is 14.5 Å². The van der Waals surface area contributed by atoms with E-state index in [9.17, 15) is 14.3 Å². The lowest BCUT2D eigenvalue weighted by Gasteiger charge is -2.13. The maximum Gasteiger partial charge on any atom is 0.330 e. The van der Waals surface area contributed by atoms with Crippen LogP contribution in [-0.2, 0) is 0 Å². The fraction of sp³-hybridized carbons (Fsp3) is 0. The maximum atomic E-state index is 14.3. The average molecular weight is 332 g/mol. The Labute approximate surface area is 132 Å². The molecule has 0 amide bonds. The quantitative estimate of drug-likeness (QED) is 0.560. The number of nitrogens with one attached hydrogen (secondary N) is 2. The first-order valence-electron chi connectivity index (χ1n) is 6.65. The molecule has 0 aliphatic rings. The average Bonchev–Trinajstić information content (AvgIpc) is 2.97.